The Kier molecular flexibility index (Phi) is 2.36. The van der Waals surface area contributed by atoms with Crippen LogP contribution in [-0.4, -0.2) is 9.55 Å². The van der Waals surface area contributed by atoms with E-state index in [-0.39, 0.29) is 0 Å². The van der Waals surface area contributed by atoms with Crippen LogP contribution >= 0.6 is 0 Å². The third-order valence-electron chi connectivity index (χ3n) is 2.70. The predicted molar refractivity (Wildman–Crippen MR) is 62.6 cm³/mol. The summed E-state index contributed by atoms with van der Waals surface area (Å²) in [5.74, 6) is 6.58. The number of aromatic nitrogens is 2. The number of hydrazine groups is 1. The standard InChI is InChI=1S/C11H16N4/c1-7(2)8-4-5-10-9(6-8)13-11(14-12)15(10)3/h4-7H,12H2,1-3H3,(H,13,14). The summed E-state index contributed by atoms with van der Waals surface area (Å²) in [5, 5.41) is 0. The van der Waals surface area contributed by atoms with Gasteiger partial charge in [-0.2, -0.15) is 0 Å². The number of imidazole rings is 1. The van der Waals surface area contributed by atoms with E-state index in [1.807, 2.05) is 11.6 Å². The topological polar surface area (TPSA) is 55.9 Å². The molecule has 1 aromatic carbocycles. The average Bonchev–Trinajstić information content (AvgIpc) is 2.55. The van der Waals surface area contributed by atoms with Crippen LogP contribution in [0.2, 0.25) is 0 Å². The van der Waals surface area contributed by atoms with E-state index in [2.05, 4.69) is 42.5 Å². The Morgan fingerprint density at radius 1 is 1.40 bits per heavy atom. The van der Waals surface area contributed by atoms with Gasteiger partial charge in [-0.1, -0.05) is 19.9 Å². The minimum atomic E-state index is 0.519. The van der Waals surface area contributed by atoms with E-state index in [9.17, 15) is 0 Å². The highest BCUT2D eigenvalue weighted by atomic mass is 15.3. The van der Waals surface area contributed by atoms with Crippen molar-refractivity contribution in [1.82, 2.24) is 9.55 Å². The zero-order chi connectivity index (χ0) is 11.0. The molecule has 80 valence electrons. The van der Waals surface area contributed by atoms with E-state index in [0.29, 0.717) is 11.9 Å². The fraction of sp³-hybridized carbons (Fsp3) is 0.364. The summed E-state index contributed by atoms with van der Waals surface area (Å²) in [4.78, 5) is 4.40. The van der Waals surface area contributed by atoms with Crippen LogP contribution in [0.1, 0.15) is 25.3 Å². The maximum atomic E-state index is 5.38. The molecular weight excluding hydrogens is 188 g/mol. The Hall–Kier alpha value is -1.55. The van der Waals surface area contributed by atoms with Crippen molar-refractivity contribution in [3.05, 3.63) is 23.8 Å². The van der Waals surface area contributed by atoms with E-state index in [4.69, 9.17) is 5.84 Å². The summed E-state index contributed by atoms with van der Waals surface area (Å²) in [6.07, 6.45) is 0. The van der Waals surface area contributed by atoms with E-state index in [1.165, 1.54) is 5.56 Å². The Morgan fingerprint density at radius 3 is 2.73 bits per heavy atom. The van der Waals surface area contributed by atoms with E-state index in [1.54, 1.807) is 0 Å². The first kappa shape index (κ1) is 9.98. The molecule has 2 rings (SSSR count). The zero-order valence-corrected chi connectivity index (χ0v) is 9.28. The van der Waals surface area contributed by atoms with Gasteiger partial charge in [0.2, 0.25) is 5.95 Å². The van der Waals surface area contributed by atoms with Crippen molar-refractivity contribution in [2.45, 2.75) is 19.8 Å². The Balaban J connectivity index is 2.63. The van der Waals surface area contributed by atoms with Gasteiger partial charge in [0, 0.05) is 7.05 Å². The number of anilines is 1. The molecule has 1 aromatic heterocycles. The second-order valence-electron chi connectivity index (χ2n) is 4.04. The first-order valence-corrected chi connectivity index (χ1v) is 5.06. The lowest BCUT2D eigenvalue weighted by Crippen LogP contribution is -2.11. The van der Waals surface area contributed by atoms with Crippen molar-refractivity contribution >= 4 is 17.0 Å². The summed E-state index contributed by atoms with van der Waals surface area (Å²) >= 11 is 0. The van der Waals surface area contributed by atoms with Crippen LogP contribution in [0.15, 0.2) is 18.2 Å². The molecule has 0 aliphatic rings. The molecule has 0 atom stereocenters. The Bertz CT molecular complexity index is 485. The van der Waals surface area contributed by atoms with Crippen molar-refractivity contribution in [1.29, 1.82) is 0 Å². The largest absolute Gasteiger partial charge is 0.312 e. The van der Waals surface area contributed by atoms with Crippen LogP contribution in [0.5, 0.6) is 0 Å². The fourth-order valence-electron chi connectivity index (χ4n) is 1.71. The third kappa shape index (κ3) is 1.57. The van der Waals surface area contributed by atoms with Crippen molar-refractivity contribution < 1.29 is 0 Å². The number of fused-ring (bicyclic) bond motifs is 1. The molecule has 0 unspecified atom stereocenters. The van der Waals surface area contributed by atoms with E-state index < -0.39 is 0 Å². The first-order chi connectivity index (χ1) is 7.13. The molecule has 4 heteroatoms. The van der Waals surface area contributed by atoms with Gasteiger partial charge in [-0.05, 0) is 23.6 Å². The van der Waals surface area contributed by atoms with Crippen molar-refractivity contribution in [2.75, 3.05) is 5.43 Å². The minimum absolute atomic E-state index is 0.519. The van der Waals surface area contributed by atoms with Gasteiger partial charge < -0.3 is 4.57 Å². The normalized spacial score (nSPS) is 11.3. The maximum Gasteiger partial charge on any atom is 0.218 e. The molecule has 0 saturated heterocycles. The molecule has 4 nitrogen and oxygen atoms in total. The van der Waals surface area contributed by atoms with Gasteiger partial charge in [0.05, 0.1) is 11.0 Å². The van der Waals surface area contributed by atoms with Gasteiger partial charge in [-0.3, -0.25) is 5.43 Å². The number of hydrogen-bond acceptors (Lipinski definition) is 3. The second kappa shape index (κ2) is 3.55. The van der Waals surface area contributed by atoms with E-state index >= 15 is 0 Å². The lowest BCUT2D eigenvalue weighted by atomic mass is 10.0. The summed E-state index contributed by atoms with van der Waals surface area (Å²) in [7, 11) is 1.94. The number of aryl methyl sites for hydroxylation is 1. The molecule has 0 radical (unpaired) electrons. The van der Waals surface area contributed by atoms with Gasteiger partial charge in [-0.15, -0.1) is 0 Å². The average molecular weight is 204 g/mol. The molecule has 0 amide bonds. The number of nitrogens with one attached hydrogen (secondary N) is 1. The van der Waals surface area contributed by atoms with Gasteiger partial charge >= 0.3 is 0 Å². The number of nitrogen functional groups attached to an aromatic ring is 1. The molecule has 0 aliphatic carbocycles. The highest BCUT2D eigenvalue weighted by Crippen LogP contribution is 2.22. The molecule has 0 fully saturated rings. The maximum absolute atomic E-state index is 5.38. The molecule has 1 heterocycles. The molecule has 0 saturated carbocycles. The fourth-order valence-corrected chi connectivity index (χ4v) is 1.71. The first-order valence-electron chi connectivity index (χ1n) is 5.06. The van der Waals surface area contributed by atoms with Crippen molar-refractivity contribution in [3.8, 4) is 0 Å². The molecule has 0 spiro atoms. The lowest BCUT2D eigenvalue weighted by Gasteiger charge is -2.04. The number of hydrogen-bond donors (Lipinski definition) is 2. The summed E-state index contributed by atoms with van der Waals surface area (Å²) in [6.45, 7) is 4.35. The number of nitrogens with zero attached hydrogens (tertiary/aromatic N) is 2. The molecule has 2 aromatic rings. The SMILES string of the molecule is CC(C)c1ccc2c(c1)nc(NN)n2C. The van der Waals surface area contributed by atoms with Crippen LogP contribution in [-0.2, 0) is 7.05 Å². The van der Waals surface area contributed by atoms with Gasteiger partial charge in [0.1, 0.15) is 0 Å². The third-order valence-corrected chi connectivity index (χ3v) is 2.70. The molecule has 15 heavy (non-hydrogen) atoms. The lowest BCUT2D eigenvalue weighted by molar-refractivity contribution is 0.868. The van der Waals surface area contributed by atoms with Crippen molar-refractivity contribution in [3.63, 3.8) is 0 Å². The van der Waals surface area contributed by atoms with Gasteiger partial charge in [0.15, 0.2) is 0 Å². The van der Waals surface area contributed by atoms with E-state index in [0.717, 1.165) is 11.0 Å². The molecule has 3 N–H and O–H groups in total. The van der Waals surface area contributed by atoms with Crippen LogP contribution in [0.3, 0.4) is 0 Å². The number of nitrogens with two attached hydrogens (primary N) is 1. The summed E-state index contributed by atoms with van der Waals surface area (Å²) in [5.41, 5.74) is 5.95. The number of rotatable bonds is 2. The second-order valence-corrected chi connectivity index (χ2v) is 4.04. The summed E-state index contributed by atoms with van der Waals surface area (Å²) < 4.78 is 1.94. The van der Waals surface area contributed by atoms with Gasteiger partial charge in [0.25, 0.3) is 0 Å². The quantitative estimate of drug-likeness (QED) is 0.581. The predicted octanol–water partition coefficient (Wildman–Crippen LogP) is 1.98. The molecule has 0 aliphatic heterocycles. The highest BCUT2D eigenvalue weighted by Gasteiger charge is 2.07. The smallest absolute Gasteiger partial charge is 0.218 e. The highest BCUT2D eigenvalue weighted by molar-refractivity contribution is 5.79. The Morgan fingerprint density at radius 2 is 2.13 bits per heavy atom. The summed E-state index contributed by atoms with van der Waals surface area (Å²) in [6, 6.07) is 6.33. The van der Waals surface area contributed by atoms with Crippen LogP contribution in [0.4, 0.5) is 5.95 Å². The monoisotopic (exact) mass is 204 g/mol. The van der Waals surface area contributed by atoms with Crippen LogP contribution < -0.4 is 11.3 Å². The Labute approximate surface area is 89.1 Å². The minimum Gasteiger partial charge on any atom is -0.312 e. The molecule has 0 bridgehead atoms. The number of benzene rings is 1. The van der Waals surface area contributed by atoms with Gasteiger partial charge in [-0.25, -0.2) is 10.8 Å². The molecular formula is C11H16N4. The zero-order valence-electron chi connectivity index (χ0n) is 9.28. The van der Waals surface area contributed by atoms with Crippen LogP contribution in [0, 0.1) is 0 Å². The van der Waals surface area contributed by atoms with Crippen LogP contribution in [0.25, 0.3) is 11.0 Å². The van der Waals surface area contributed by atoms with Crippen molar-refractivity contribution in [2.24, 2.45) is 12.9 Å².